The average molecular weight is 308 g/mol. The Hall–Kier alpha value is -1.13. The average Bonchev–Trinajstić information content (AvgIpc) is 2.57. The van der Waals surface area contributed by atoms with E-state index in [-0.39, 0.29) is 5.54 Å². The highest BCUT2D eigenvalue weighted by Gasteiger charge is 2.17. The molecule has 0 saturated heterocycles. The van der Waals surface area contributed by atoms with Crippen LogP contribution in [0.1, 0.15) is 25.4 Å². The highest BCUT2D eigenvalue weighted by Crippen LogP contribution is 2.29. The van der Waals surface area contributed by atoms with E-state index in [1.165, 1.54) is 0 Å². The Morgan fingerprint density at radius 3 is 2.61 bits per heavy atom. The Balaban J connectivity index is 2.39. The Bertz CT molecular complexity index is 552. The predicted octanol–water partition coefficient (Wildman–Crippen LogP) is 3.43. The van der Waals surface area contributed by atoms with E-state index in [1.54, 1.807) is 0 Å². The molecule has 0 aliphatic rings. The molecule has 0 saturated carbocycles. The molecule has 0 fully saturated rings. The molecular formula is C14H18BrN3. The summed E-state index contributed by atoms with van der Waals surface area (Å²) in [4.78, 5) is 7.98. The van der Waals surface area contributed by atoms with Gasteiger partial charge in [-0.3, -0.25) is 0 Å². The first-order valence-corrected chi connectivity index (χ1v) is 6.75. The molecule has 3 N–H and O–H groups in total. The summed E-state index contributed by atoms with van der Waals surface area (Å²) in [5, 5.41) is 0. The van der Waals surface area contributed by atoms with Gasteiger partial charge in [0.2, 0.25) is 0 Å². The highest BCUT2D eigenvalue weighted by atomic mass is 79.9. The monoisotopic (exact) mass is 307 g/mol. The summed E-state index contributed by atoms with van der Waals surface area (Å²) < 4.78 is 1.05. The first-order valence-electron chi connectivity index (χ1n) is 5.96. The van der Waals surface area contributed by atoms with Crippen LogP contribution in [0, 0.1) is 6.92 Å². The zero-order valence-corrected chi connectivity index (χ0v) is 12.5. The molecule has 2 aromatic rings. The van der Waals surface area contributed by atoms with Crippen molar-refractivity contribution in [1.29, 1.82) is 0 Å². The summed E-state index contributed by atoms with van der Waals surface area (Å²) in [7, 11) is 0. The largest absolute Gasteiger partial charge is 0.346 e. The van der Waals surface area contributed by atoms with Crippen LogP contribution < -0.4 is 5.73 Å². The molecule has 4 heteroatoms. The van der Waals surface area contributed by atoms with Gasteiger partial charge in [-0.25, -0.2) is 4.98 Å². The second-order valence-electron chi connectivity index (χ2n) is 5.30. The smallest absolute Gasteiger partial charge is 0.108 e. The number of nitrogens with two attached hydrogens (primary N) is 1. The molecule has 3 nitrogen and oxygen atoms in total. The fourth-order valence-corrected chi connectivity index (χ4v) is 2.43. The van der Waals surface area contributed by atoms with Crippen molar-refractivity contribution in [3.63, 3.8) is 0 Å². The van der Waals surface area contributed by atoms with Gasteiger partial charge < -0.3 is 10.7 Å². The Labute approximate surface area is 116 Å². The second-order valence-corrected chi connectivity index (χ2v) is 6.16. The first-order chi connectivity index (χ1) is 8.37. The number of benzene rings is 1. The molecule has 0 aliphatic carbocycles. The zero-order chi connectivity index (χ0) is 13.3. The number of halogens is 1. The summed E-state index contributed by atoms with van der Waals surface area (Å²) in [5.41, 5.74) is 8.93. The van der Waals surface area contributed by atoms with Crippen LogP contribution in [0.25, 0.3) is 11.3 Å². The summed E-state index contributed by atoms with van der Waals surface area (Å²) in [6.07, 6.45) is 0.734. The number of nitrogens with one attached hydrogen (secondary N) is 1. The van der Waals surface area contributed by atoms with E-state index in [9.17, 15) is 0 Å². The summed E-state index contributed by atoms with van der Waals surface area (Å²) in [5.74, 6) is 0.936. The van der Waals surface area contributed by atoms with Crippen molar-refractivity contribution in [2.24, 2.45) is 5.73 Å². The van der Waals surface area contributed by atoms with Gasteiger partial charge in [0.1, 0.15) is 5.82 Å². The Kier molecular flexibility index (Phi) is 3.59. The van der Waals surface area contributed by atoms with Gasteiger partial charge in [0.15, 0.2) is 0 Å². The standard InChI is InChI=1S/C14H18BrN3/c1-9-13(10-6-4-5-7-11(10)15)18-12(17-9)8-14(2,3)16/h4-7H,8,16H2,1-3H3,(H,17,18). The van der Waals surface area contributed by atoms with E-state index in [2.05, 4.69) is 32.0 Å². The normalized spacial score (nSPS) is 11.8. The third kappa shape index (κ3) is 3.00. The van der Waals surface area contributed by atoms with Gasteiger partial charge in [-0.2, -0.15) is 0 Å². The van der Waals surface area contributed by atoms with E-state index in [0.717, 1.165) is 33.7 Å². The number of rotatable bonds is 3. The topological polar surface area (TPSA) is 54.7 Å². The van der Waals surface area contributed by atoms with Crippen molar-refractivity contribution in [3.05, 3.63) is 40.3 Å². The number of aromatic amines is 1. The van der Waals surface area contributed by atoms with Gasteiger partial charge in [0.05, 0.1) is 5.69 Å². The molecule has 1 heterocycles. The minimum Gasteiger partial charge on any atom is -0.346 e. The minimum atomic E-state index is -0.254. The van der Waals surface area contributed by atoms with Crippen LogP contribution in [0.15, 0.2) is 28.7 Å². The number of hydrogen-bond acceptors (Lipinski definition) is 2. The molecule has 0 unspecified atom stereocenters. The van der Waals surface area contributed by atoms with Gasteiger partial charge in [-0.1, -0.05) is 34.1 Å². The molecule has 0 aliphatic heterocycles. The molecule has 2 rings (SSSR count). The Morgan fingerprint density at radius 2 is 2.00 bits per heavy atom. The number of H-pyrrole nitrogens is 1. The first kappa shape index (κ1) is 13.3. The fourth-order valence-electron chi connectivity index (χ4n) is 1.95. The Morgan fingerprint density at radius 1 is 1.33 bits per heavy atom. The molecule has 0 radical (unpaired) electrons. The molecule has 18 heavy (non-hydrogen) atoms. The van der Waals surface area contributed by atoms with E-state index in [1.807, 2.05) is 39.0 Å². The molecule has 96 valence electrons. The van der Waals surface area contributed by atoms with Crippen LogP contribution in [0.5, 0.6) is 0 Å². The van der Waals surface area contributed by atoms with Crippen molar-refractivity contribution in [3.8, 4) is 11.3 Å². The lowest BCUT2D eigenvalue weighted by Crippen LogP contribution is -2.34. The van der Waals surface area contributed by atoms with Crippen molar-refractivity contribution >= 4 is 15.9 Å². The maximum Gasteiger partial charge on any atom is 0.108 e. The van der Waals surface area contributed by atoms with Gasteiger partial charge in [0, 0.05) is 27.7 Å². The van der Waals surface area contributed by atoms with Crippen molar-refractivity contribution < 1.29 is 0 Å². The molecule has 0 atom stereocenters. The lowest BCUT2D eigenvalue weighted by Gasteiger charge is -2.15. The SMILES string of the molecule is Cc1[nH]c(CC(C)(C)N)nc1-c1ccccc1Br. The number of nitrogens with zero attached hydrogens (tertiary/aromatic N) is 1. The second kappa shape index (κ2) is 4.86. The quantitative estimate of drug-likeness (QED) is 0.913. The lowest BCUT2D eigenvalue weighted by atomic mass is 10.0. The third-order valence-corrected chi connectivity index (χ3v) is 3.38. The van der Waals surface area contributed by atoms with Crippen LogP contribution in [0.2, 0.25) is 0 Å². The summed E-state index contributed by atoms with van der Waals surface area (Å²) in [6, 6.07) is 8.10. The molecule has 1 aromatic heterocycles. The van der Waals surface area contributed by atoms with E-state index >= 15 is 0 Å². The molecule has 0 bridgehead atoms. The van der Waals surface area contributed by atoms with Crippen molar-refractivity contribution in [1.82, 2.24) is 9.97 Å². The predicted molar refractivity (Wildman–Crippen MR) is 78.4 cm³/mol. The molecule has 1 aromatic carbocycles. The highest BCUT2D eigenvalue weighted by molar-refractivity contribution is 9.10. The van der Waals surface area contributed by atoms with Gasteiger partial charge in [-0.15, -0.1) is 0 Å². The summed E-state index contributed by atoms with van der Waals surface area (Å²) in [6.45, 7) is 6.04. The third-order valence-electron chi connectivity index (χ3n) is 2.69. The number of aromatic nitrogens is 2. The number of aryl methyl sites for hydroxylation is 1. The fraction of sp³-hybridized carbons (Fsp3) is 0.357. The summed E-state index contributed by atoms with van der Waals surface area (Å²) >= 11 is 3.56. The van der Waals surface area contributed by atoms with Crippen LogP contribution in [-0.4, -0.2) is 15.5 Å². The maximum absolute atomic E-state index is 6.03. The van der Waals surface area contributed by atoms with Crippen LogP contribution in [-0.2, 0) is 6.42 Å². The van der Waals surface area contributed by atoms with Crippen LogP contribution in [0.3, 0.4) is 0 Å². The number of imidazole rings is 1. The molecule has 0 amide bonds. The van der Waals surface area contributed by atoms with Crippen LogP contribution >= 0.6 is 15.9 Å². The van der Waals surface area contributed by atoms with E-state index < -0.39 is 0 Å². The van der Waals surface area contributed by atoms with Gasteiger partial charge in [-0.05, 0) is 26.8 Å². The molecule has 0 spiro atoms. The van der Waals surface area contributed by atoms with E-state index in [4.69, 9.17) is 5.73 Å². The molecular weight excluding hydrogens is 290 g/mol. The van der Waals surface area contributed by atoms with Gasteiger partial charge in [0.25, 0.3) is 0 Å². The maximum atomic E-state index is 6.03. The van der Waals surface area contributed by atoms with Crippen molar-refractivity contribution in [2.45, 2.75) is 32.7 Å². The van der Waals surface area contributed by atoms with Crippen molar-refractivity contribution in [2.75, 3.05) is 0 Å². The lowest BCUT2D eigenvalue weighted by molar-refractivity contribution is 0.504. The van der Waals surface area contributed by atoms with E-state index in [0.29, 0.717) is 0 Å². The van der Waals surface area contributed by atoms with Gasteiger partial charge >= 0.3 is 0 Å². The minimum absolute atomic E-state index is 0.254. The number of hydrogen-bond donors (Lipinski definition) is 2. The van der Waals surface area contributed by atoms with Crippen LogP contribution in [0.4, 0.5) is 0 Å². The zero-order valence-electron chi connectivity index (χ0n) is 10.9.